The third-order valence-corrected chi connectivity index (χ3v) is 7.71. The lowest BCUT2D eigenvalue weighted by molar-refractivity contribution is -0.121. The molecule has 1 aliphatic carbocycles. The topological polar surface area (TPSA) is 45.2 Å². The molecule has 3 aromatic rings. The first-order chi connectivity index (χ1) is 15.1. The van der Waals surface area contributed by atoms with Crippen molar-refractivity contribution in [1.82, 2.24) is 9.88 Å². The normalized spacial score (nSPS) is 18.0. The van der Waals surface area contributed by atoms with Gasteiger partial charge in [0, 0.05) is 30.0 Å². The van der Waals surface area contributed by atoms with Crippen molar-refractivity contribution < 1.29 is 4.79 Å². The first-order valence-corrected chi connectivity index (χ1v) is 12.2. The van der Waals surface area contributed by atoms with Gasteiger partial charge >= 0.3 is 0 Å². The van der Waals surface area contributed by atoms with Crippen LogP contribution in [0, 0.1) is 0 Å². The van der Waals surface area contributed by atoms with Gasteiger partial charge in [0.25, 0.3) is 0 Å². The molecule has 1 N–H and O–H groups in total. The molecular formula is C25H26ClN3OS. The molecule has 160 valence electrons. The van der Waals surface area contributed by atoms with Crippen molar-refractivity contribution >= 4 is 34.0 Å². The maximum Gasteiger partial charge on any atom is 0.236 e. The van der Waals surface area contributed by atoms with Crippen LogP contribution in [-0.4, -0.2) is 22.3 Å². The summed E-state index contributed by atoms with van der Waals surface area (Å²) >= 11 is 7.59. The minimum Gasteiger partial charge on any atom is -0.301 e. The quantitative estimate of drug-likeness (QED) is 0.532. The smallest absolute Gasteiger partial charge is 0.236 e. The van der Waals surface area contributed by atoms with Gasteiger partial charge in [0.15, 0.2) is 5.13 Å². The Balaban J connectivity index is 1.27. The van der Waals surface area contributed by atoms with Gasteiger partial charge in [-0.05, 0) is 48.1 Å². The van der Waals surface area contributed by atoms with Crippen molar-refractivity contribution in [1.29, 1.82) is 0 Å². The van der Waals surface area contributed by atoms with Gasteiger partial charge in [0.2, 0.25) is 5.91 Å². The van der Waals surface area contributed by atoms with Crippen molar-refractivity contribution in [2.45, 2.75) is 50.6 Å². The van der Waals surface area contributed by atoms with Crippen LogP contribution < -0.4 is 5.32 Å². The molecule has 4 nitrogen and oxygen atoms in total. The predicted molar refractivity (Wildman–Crippen MR) is 127 cm³/mol. The molecule has 31 heavy (non-hydrogen) atoms. The van der Waals surface area contributed by atoms with Crippen LogP contribution in [0.4, 0.5) is 5.13 Å². The first kappa shape index (κ1) is 20.7. The minimum absolute atomic E-state index is 0.0557. The summed E-state index contributed by atoms with van der Waals surface area (Å²) in [5, 5.41) is 6.59. The predicted octanol–water partition coefficient (Wildman–Crippen LogP) is 5.81. The summed E-state index contributed by atoms with van der Waals surface area (Å²) in [4.78, 5) is 20.5. The molecule has 5 rings (SSSR count). The number of hydrogen-bond donors (Lipinski definition) is 1. The second kappa shape index (κ2) is 8.73. The third kappa shape index (κ3) is 4.27. The third-order valence-electron chi connectivity index (χ3n) is 6.66. The Morgan fingerprint density at radius 1 is 1.10 bits per heavy atom. The fourth-order valence-corrected chi connectivity index (χ4v) is 5.79. The number of nitrogens with one attached hydrogen (secondary N) is 1. The number of anilines is 1. The zero-order valence-electron chi connectivity index (χ0n) is 17.4. The van der Waals surface area contributed by atoms with Gasteiger partial charge in [-0.25, -0.2) is 4.98 Å². The van der Waals surface area contributed by atoms with Crippen LogP contribution >= 0.6 is 22.9 Å². The second-order valence-corrected chi connectivity index (χ2v) is 9.92. The highest BCUT2D eigenvalue weighted by Crippen LogP contribution is 2.42. The lowest BCUT2D eigenvalue weighted by Crippen LogP contribution is -2.38. The summed E-state index contributed by atoms with van der Waals surface area (Å²) in [5.74, 6) is 0.0557. The van der Waals surface area contributed by atoms with Crippen LogP contribution in [0.25, 0.3) is 0 Å². The van der Waals surface area contributed by atoms with Crippen LogP contribution in [0.2, 0.25) is 5.02 Å². The number of thiazole rings is 1. The largest absolute Gasteiger partial charge is 0.301 e. The van der Waals surface area contributed by atoms with E-state index in [9.17, 15) is 4.79 Å². The highest BCUT2D eigenvalue weighted by molar-refractivity contribution is 7.13. The average molecular weight is 452 g/mol. The van der Waals surface area contributed by atoms with Crippen LogP contribution in [0.15, 0.2) is 53.9 Å². The number of benzene rings is 2. The van der Waals surface area contributed by atoms with E-state index in [0.29, 0.717) is 10.2 Å². The zero-order valence-corrected chi connectivity index (χ0v) is 19.0. The van der Waals surface area contributed by atoms with Gasteiger partial charge in [0.05, 0.1) is 11.1 Å². The molecule has 0 bridgehead atoms. The number of fused-ring (bicyclic) bond motifs is 1. The van der Waals surface area contributed by atoms with Crippen LogP contribution in [-0.2, 0) is 29.7 Å². The van der Waals surface area contributed by atoms with Crippen molar-refractivity contribution in [3.8, 4) is 0 Å². The Kier molecular flexibility index (Phi) is 5.83. The lowest BCUT2D eigenvalue weighted by atomic mass is 9.78. The van der Waals surface area contributed by atoms with E-state index in [1.54, 1.807) is 0 Å². The number of hydrogen-bond acceptors (Lipinski definition) is 4. The first-order valence-electron chi connectivity index (χ1n) is 10.9. The molecule has 1 aliphatic heterocycles. The van der Waals surface area contributed by atoms with Crippen molar-refractivity contribution in [3.05, 3.63) is 81.3 Å². The van der Waals surface area contributed by atoms with Gasteiger partial charge < -0.3 is 5.32 Å². The Bertz CT molecular complexity index is 1070. The van der Waals surface area contributed by atoms with E-state index in [0.717, 1.165) is 63.0 Å². The molecule has 1 fully saturated rings. The summed E-state index contributed by atoms with van der Waals surface area (Å²) in [7, 11) is 0. The van der Waals surface area contributed by atoms with Crippen LogP contribution in [0.5, 0.6) is 0 Å². The van der Waals surface area contributed by atoms with E-state index in [1.807, 2.05) is 24.3 Å². The summed E-state index contributed by atoms with van der Waals surface area (Å²) < 4.78 is 0. The number of carbonyl (C=O) groups excluding carboxylic acids is 1. The Labute approximate surface area is 192 Å². The highest BCUT2D eigenvalue weighted by atomic mass is 35.5. The number of aromatic nitrogens is 1. The van der Waals surface area contributed by atoms with E-state index in [1.165, 1.54) is 22.5 Å². The van der Waals surface area contributed by atoms with Crippen molar-refractivity contribution in [3.63, 3.8) is 0 Å². The van der Waals surface area contributed by atoms with Gasteiger partial charge in [-0.2, -0.15) is 0 Å². The molecule has 0 atom stereocenters. The van der Waals surface area contributed by atoms with Crippen LogP contribution in [0.1, 0.15) is 48.1 Å². The molecular weight excluding hydrogens is 426 g/mol. The molecule has 1 aromatic heterocycles. The Morgan fingerprint density at radius 2 is 1.84 bits per heavy atom. The second-order valence-electron chi connectivity index (χ2n) is 8.62. The van der Waals surface area contributed by atoms with E-state index in [-0.39, 0.29) is 5.91 Å². The molecule has 1 saturated carbocycles. The molecule has 0 spiro atoms. The van der Waals surface area contributed by atoms with Crippen LogP contribution in [0.3, 0.4) is 0 Å². The van der Waals surface area contributed by atoms with E-state index in [2.05, 4.69) is 39.9 Å². The zero-order chi connectivity index (χ0) is 21.3. The van der Waals surface area contributed by atoms with Gasteiger partial charge in [-0.3, -0.25) is 9.69 Å². The molecule has 6 heteroatoms. The number of rotatable bonds is 5. The van der Waals surface area contributed by atoms with Crippen molar-refractivity contribution in [2.24, 2.45) is 0 Å². The lowest BCUT2D eigenvalue weighted by Gasteiger charge is -2.28. The Morgan fingerprint density at radius 3 is 2.61 bits per heavy atom. The summed E-state index contributed by atoms with van der Waals surface area (Å²) in [6.07, 6.45) is 4.94. The summed E-state index contributed by atoms with van der Waals surface area (Å²) in [6, 6.07) is 16.4. The van der Waals surface area contributed by atoms with E-state index >= 15 is 0 Å². The minimum atomic E-state index is -0.479. The van der Waals surface area contributed by atoms with Crippen molar-refractivity contribution in [2.75, 3.05) is 11.9 Å². The van der Waals surface area contributed by atoms with Gasteiger partial charge in [0.1, 0.15) is 0 Å². The fourth-order valence-electron chi connectivity index (χ4n) is 4.97. The standard InChI is InChI=1S/C25H26ClN3OS/c26-21-9-7-20(8-10-21)25(12-3-4-13-25)23(30)28-24-27-22(17-31-24)16-29-14-11-18-5-1-2-6-19(18)15-29/h1-2,5-10,17H,3-4,11-16H2,(H,27,28,30). The number of halogens is 1. The highest BCUT2D eigenvalue weighted by Gasteiger charge is 2.43. The molecule has 0 saturated heterocycles. The molecule has 1 amide bonds. The van der Waals surface area contributed by atoms with Gasteiger partial charge in [-0.1, -0.05) is 60.8 Å². The van der Waals surface area contributed by atoms with Gasteiger partial charge in [-0.15, -0.1) is 11.3 Å². The maximum absolute atomic E-state index is 13.4. The SMILES string of the molecule is O=C(Nc1nc(CN2CCc3ccccc3C2)cs1)C1(c2ccc(Cl)cc2)CCCC1. The molecule has 0 radical (unpaired) electrons. The number of amides is 1. The number of nitrogens with zero attached hydrogens (tertiary/aromatic N) is 2. The monoisotopic (exact) mass is 451 g/mol. The number of carbonyl (C=O) groups is 1. The average Bonchev–Trinajstić information content (AvgIpc) is 3.45. The molecule has 2 aliphatic rings. The van der Waals surface area contributed by atoms with E-state index < -0.39 is 5.41 Å². The molecule has 2 aromatic carbocycles. The Hall–Kier alpha value is -2.21. The molecule has 2 heterocycles. The van der Waals surface area contributed by atoms with E-state index in [4.69, 9.17) is 16.6 Å². The fraction of sp³-hybridized carbons (Fsp3) is 0.360. The molecule has 0 unspecified atom stereocenters. The summed E-state index contributed by atoms with van der Waals surface area (Å²) in [5.41, 5.74) is 4.45. The maximum atomic E-state index is 13.4. The summed E-state index contributed by atoms with van der Waals surface area (Å²) in [6.45, 7) is 2.80.